The summed E-state index contributed by atoms with van der Waals surface area (Å²) in [7, 11) is 1.65. The van der Waals surface area contributed by atoms with Crippen LogP contribution in [-0.2, 0) is 11.2 Å². The summed E-state index contributed by atoms with van der Waals surface area (Å²) < 4.78 is 12.5. The lowest BCUT2D eigenvalue weighted by Crippen LogP contribution is -2.26. The zero-order valence-electron chi connectivity index (χ0n) is 15.2. The lowest BCUT2D eigenvalue weighted by Gasteiger charge is -2.20. The Morgan fingerprint density at radius 1 is 1.13 bits per heavy atom. The molecule has 0 atom stereocenters. The number of carbonyl (C=O) groups excluding carboxylic acids is 1. The number of nitrogens with zero attached hydrogens (tertiary/aromatic N) is 1. The van der Waals surface area contributed by atoms with Crippen LogP contribution >= 0.6 is 0 Å². The average Bonchev–Trinajstić information content (AvgIpc) is 2.73. The van der Waals surface area contributed by atoms with E-state index in [1.54, 1.807) is 11.7 Å². The summed E-state index contributed by atoms with van der Waals surface area (Å²) in [4.78, 5) is 12.5. The summed E-state index contributed by atoms with van der Waals surface area (Å²) in [6.45, 7) is 12.2. The number of ether oxygens (including phenoxy) is 2. The van der Waals surface area contributed by atoms with Gasteiger partial charge in [-0.15, -0.1) is 0 Å². The van der Waals surface area contributed by atoms with Gasteiger partial charge in [0.05, 0.1) is 12.6 Å². The van der Waals surface area contributed by atoms with Gasteiger partial charge in [0.2, 0.25) is 0 Å². The Morgan fingerprint density at radius 3 is 2.30 bits per heavy atom. The highest BCUT2D eigenvalue weighted by Crippen LogP contribution is 2.31. The Balaban J connectivity index is 2.55. The molecule has 0 aliphatic rings. The van der Waals surface area contributed by atoms with Crippen molar-refractivity contribution in [2.45, 2.75) is 53.6 Å². The van der Waals surface area contributed by atoms with Crippen molar-refractivity contribution in [3.05, 3.63) is 30.0 Å². The van der Waals surface area contributed by atoms with Crippen molar-refractivity contribution >= 4 is 17.0 Å². The van der Waals surface area contributed by atoms with E-state index in [0.29, 0.717) is 0 Å². The monoisotopic (exact) mass is 317 g/mol. The second-order valence-electron chi connectivity index (χ2n) is 8.13. The molecular formula is C19H27NO3. The van der Waals surface area contributed by atoms with Crippen molar-refractivity contribution in [3.63, 3.8) is 0 Å². The predicted octanol–water partition coefficient (Wildman–Crippen LogP) is 5.02. The molecule has 0 radical (unpaired) electrons. The highest BCUT2D eigenvalue weighted by Gasteiger charge is 2.22. The van der Waals surface area contributed by atoms with Gasteiger partial charge in [-0.2, -0.15) is 0 Å². The lowest BCUT2D eigenvalue weighted by molar-refractivity contribution is 0.0544. The molecule has 0 unspecified atom stereocenters. The Labute approximate surface area is 138 Å². The smallest absolute Gasteiger partial charge is 0.419 e. The maximum absolute atomic E-state index is 12.5. The minimum atomic E-state index is -0.523. The van der Waals surface area contributed by atoms with E-state index < -0.39 is 5.60 Å². The molecule has 0 aliphatic carbocycles. The molecule has 2 rings (SSSR count). The van der Waals surface area contributed by atoms with E-state index in [-0.39, 0.29) is 11.5 Å². The molecule has 0 spiro atoms. The normalized spacial score (nSPS) is 12.5. The van der Waals surface area contributed by atoms with Gasteiger partial charge in [-0.1, -0.05) is 20.8 Å². The molecule has 4 heteroatoms. The number of rotatable bonds is 2. The number of fused-ring (bicyclic) bond motifs is 1. The Kier molecular flexibility index (Phi) is 4.47. The van der Waals surface area contributed by atoms with Gasteiger partial charge >= 0.3 is 6.09 Å². The van der Waals surface area contributed by atoms with Gasteiger partial charge in [0.15, 0.2) is 0 Å². The molecule has 4 nitrogen and oxygen atoms in total. The fourth-order valence-electron chi connectivity index (χ4n) is 2.58. The molecule has 0 amide bonds. The van der Waals surface area contributed by atoms with Crippen molar-refractivity contribution in [1.29, 1.82) is 0 Å². The third-order valence-electron chi connectivity index (χ3n) is 3.41. The molecule has 2 aromatic rings. The number of hydrogen-bond acceptors (Lipinski definition) is 3. The first-order valence-corrected chi connectivity index (χ1v) is 7.91. The van der Waals surface area contributed by atoms with Crippen LogP contribution in [0.3, 0.4) is 0 Å². The molecule has 1 aromatic heterocycles. The summed E-state index contributed by atoms with van der Waals surface area (Å²) in [5, 5.41) is 1.03. The zero-order chi connectivity index (χ0) is 17.4. The minimum absolute atomic E-state index is 0.121. The molecule has 0 aliphatic heterocycles. The van der Waals surface area contributed by atoms with Crippen molar-refractivity contribution in [2.75, 3.05) is 7.11 Å². The van der Waals surface area contributed by atoms with Gasteiger partial charge in [-0.25, -0.2) is 4.79 Å². The number of methoxy groups -OCH3 is 1. The third-order valence-corrected chi connectivity index (χ3v) is 3.41. The van der Waals surface area contributed by atoms with Crippen LogP contribution in [0.15, 0.2) is 24.4 Å². The van der Waals surface area contributed by atoms with Crippen molar-refractivity contribution in [3.8, 4) is 5.75 Å². The van der Waals surface area contributed by atoms with E-state index in [1.807, 2.05) is 45.2 Å². The highest BCUT2D eigenvalue weighted by molar-refractivity contribution is 5.93. The number of aromatic nitrogens is 1. The maximum Gasteiger partial charge on any atom is 0.419 e. The largest absolute Gasteiger partial charge is 0.497 e. The van der Waals surface area contributed by atoms with Crippen LogP contribution in [0.25, 0.3) is 10.9 Å². The Hall–Kier alpha value is -1.97. The summed E-state index contributed by atoms with van der Waals surface area (Å²) in [6.07, 6.45) is 2.41. The van der Waals surface area contributed by atoms with Gasteiger partial charge in [0.25, 0.3) is 0 Å². The van der Waals surface area contributed by atoms with Crippen LogP contribution in [0.1, 0.15) is 47.1 Å². The van der Waals surface area contributed by atoms with Gasteiger partial charge in [0.1, 0.15) is 11.4 Å². The first-order valence-electron chi connectivity index (χ1n) is 7.91. The van der Waals surface area contributed by atoms with Crippen LogP contribution in [0, 0.1) is 5.41 Å². The van der Waals surface area contributed by atoms with Gasteiger partial charge < -0.3 is 9.47 Å². The molecular weight excluding hydrogens is 290 g/mol. The van der Waals surface area contributed by atoms with Crippen molar-refractivity contribution in [1.82, 2.24) is 4.57 Å². The topological polar surface area (TPSA) is 40.5 Å². The summed E-state index contributed by atoms with van der Waals surface area (Å²) in [5.41, 5.74) is 1.57. The van der Waals surface area contributed by atoms with Crippen LogP contribution in [0.2, 0.25) is 0 Å². The van der Waals surface area contributed by atoms with E-state index in [4.69, 9.17) is 9.47 Å². The molecule has 0 N–H and O–H groups in total. The SMILES string of the molecule is COc1ccc2c(c1)c(CC(C)(C)C)cn2C(=O)OC(C)(C)C. The minimum Gasteiger partial charge on any atom is -0.497 e. The number of benzene rings is 1. The molecule has 0 bridgehead atoms. The molecule has 1 aromatic carbocycles. The molecule has 0 saturated heterocycles. The predicted molar refractivity (Wildman–Crippen MR) is 93.3 cm³/mol. The van der Waals surface area contributed by atoms with E-state index in [9.17, 15) is 4.79 Å². The van der Waals surface area contributed by atoms with E-state index in [0.717, 1.165) is 28.6 Å². The molecule has 23 heavy (non-hydrogen) atoms. The first-order chi connectivity index (χ1) is 10.5. The molecule has 126 valence electrons. The number of hydrogen-bond donors (Lipinski definition) is 0. The highest BCUT2D eigenvalue weighted by atomic mass is 16.6. The lowest BCUT2D eigenvalue weighted by atomic mass is 9.88. The van der Waals surface area contributed by atoms with Gasteiger partial charge in [0, 0.05) is 11.6 Å². The van der Waals surface area contributed by atoms with E-state index in [1.165, 1.54) is 0 Å². The van der Waals surface area contributed by atoms with Crippen molar-refractivity contribution < 1.29 is 14.3 Å². The quantitative estimate of drug-likeness (QED) is 0.780. The summed E-state index contributed by atoms with van der Waals surface area (Å²) in [5.74, 6) is 0.787. The van der Waals surface area contributed by atoms with Gasteiger partial charge in [-0.05, 0) is 56.4 Å². The fraction of sp³-hybridized carbons (Fsp3) is 0.526. The summed E-state index contributed by atoms with van der Waals surface area (Å²) in [6, 6.07) is 5.76. The first kappa shape index (κ1) is 17.4. The van der Waals surface area contributed by atoms with Gasteiger partial charge in [-0.3, -0.25) is 4.57 Å². The maximum atomic E-state index is 12.5. The van der Waals surface area contributed by atoms with Crippen LogP contribution < -0.4 is 4.74 Å². The third kappa shape index (κ3) is 4.27. The van der Waals surface area contributed by atoms with E-state index in [2.05, 4.69) is 20.8 Å². The molecule has 1 heterocycles. The summed E-state index contributed by atoms with van der Waals surface area (Å²) >= 11 is 0. The Bertz CT molecular complexity index is 715. The zero-order valence-corrected chi connectivity index (χ0v) is 15.2. The second-order valence-corrected chi connectivity index (χ2v) is 8.13. The van der Waals surface area contributed by atoms with Crippen LogP contribution in [-0.4, -0.2) is 23.4 Å². The Morgan fingerprint density at radius 2 is 1.78 bits per heavy atom. The molecule has 0 fully saturated rings. The fourth-order valence-corrected chi connectivity index (χ4v) is 2.58. The van der Waals surface area contributed by atoms with Crippen LogP contribution in [0.5, 0.6) is 5.75 Å². The standard InChI is InChI=1S/C19H27NO3/c1-18(2,3)11-13-12-20(17(21)23-19(4,5)6)16-9-8-14(22-7)10-15(13)16/h8-10,12H,11H2,1-7H3. The average molecular weight is 317 g/mol. The second kappa shape index (κ2) is 5.91. The van der Waals surface area contributed by atoms with Crippen molar-refractivity contribution in [2.24, 2.45) is 5.41 Å². The molecule has 0 saturated carbocycles. The number of carbonyl (C=O) groups is 1. The van der Waals surface area contributed by atoms with E-state index >= 15 is 0 Å². The van der Waals surface area contributed by atoms with Crippen LogP contribution in [0.4, 0.5) is 4.79 Å².